The van der Waals surface area contributed by atoms with E-state index in [4.69, 9.17) is 10.00 Å². The Kier molecular flexibility index (Phi) is 9.40. The Hall–Kier alpha value is -4.23. The van der Waals surface area contributed by atoms with Gasteiger partial charge in [-0.05, 0) is 86.1 Å². The van der Waals surface area contributed by atoms with Gasteiger partial charge in [0.2, 0.25) is 0 Å². The van der Waals surface area contributed by atoms with Crippen LogP contribution in [0.3, 0.4) is 0 Å². The molecule has 0 saturated heterocycles. The Labute approximate surface area is 239 Å². The number of aromatic nitrogens is 1. The average Bonchev–Trinajstić information content (AvgIpc) is 2.94. The molecule has 8 nitrogen and oxygen atoms in total. The molecule has 0 aliphatic carbocycles. The minimum Gasteiger partial charge on any atom is -0.512 e. The van der Waals surface area contributed by atoms with Crippen LogP contribution in [0.25, 0.3) is 0 Å². The van der Waals surface area contributed by atoms with Gasteiger partial charge in [0.1, 0.15) is 23.2 Å². The molecule has 0 fully saturated rings. The van der Waals surface area contributed by atoms with Gasteiger partial charge in [0.25, 0.3) is 10.0 Å². The molecule has 3 aromatic rings. The maximum atomic E-state index is 13.3. The molecule has 0 spiro atoms. The van der Waals surface area contributed by atoms with E-state index in [1.165, 1.54) is 30.5 Å². The molecule has 1 atom stereocenters. The number of benzene rings is 2. The zero-order valence-corrected chi connectivity index (χ0v) is 23.6. The number of pyridine rings is 1. The quantitative estimate of drug-likeness (QED) is 0.247. The second kappa shape index (κ2) is 13.0. The minimum absolute atomic E-state index is 0.0465. The summed E-state index contributed by atoms with van der Waals surface area (Å²) in [4.78, 5) is 16.8. The van der Waals surface area contributed by atoms with Crippen LogP contribution < -0.4 is 4.72 Å². The van der Waals surface area contributed by atoms with Gasteiger partial charge in [-0.1, -0.05) is 37.6 Å². The largest absolute Gasteiger partial charge is 0.512 e. The van der Waals surface area contributed by atoms with Gasteiger partial charge in [0.15, 0.2) is 5.03 Å². The van der Waals surface area contributed by atoms with E-state index in [-0.39, 0.29) is 34.2 Å². The summed E-state index contributed by atoms with van der Waals surface area (Å²) in [5, 5.41) is 19.6. The van der Waals surface area contributed by atoms with Crippen molar-refractivity contribution in [2.24, 2.45) is 0 Å². The van der Waals surface area contributed by atoms with Crippen LogP contribution in [0.1, 0.15) is 62.1 Å². The Morgan fingerprint density at radius 3 is 2.51 bits per heavy atom. The van der Waals surface area contributed by atoms with Gasteiger partial charge in [0, 0.05) is 18.3 Å². The van der Waals surface area contributed by atoms with Gasteiger partial charge in [-0.3, -0.25) is 4.72 Å². The van der Waals surface area contributed by atoms with Crippen LogP contribution in [0.4, 0.5) is 10.1 Å². The summed E-state index contributed by atoms with van der Waals surface area (Å²) in [6.45, 7) is 2.00. The number of cyclic esters (lactones) is 1. The van der Waals surface area contributed by atoms with E-state index in [1.807, 2.05) is 19.1 Å². The number of aryl methyl sites for hydroxylation is 2. The van der Waals surface area contributed by atoms with Gasteiger partial charge >= 0.3 is 5.97 Å². The van der Waals surface area contributed by atoms with E-state index in [1.54, 1.807) is 30.3 Å². The summed E-state index contributed by atoms with van der Waals surface area (Å²) in [7, 11) is -3.94. The normalized spacial score (nSPS) is 17.1. The monoisotopic (exact) mass is 577 g/mol. The second-order valence-electron chi connectivity index (χ2n) is 10.2. The molecule has 1 aliphatic heterocycles. The van der Waals surface area contributed by atoms with Crippen LogP contribution in [0.2, 0.25) is 0 Å². The number of sulfonamides is 1. The number of carbonyl (C=O) groups excluding carboxylic acids is 1. The Bertz CT molecular complexity index is 1560. The number of hydrogen-bond donors (Lipinski definition) is 2. The number of ether oxygens (including phenoxy) is 1. The summed E-state index contributed by atoms with van der Waals surface area (Å²) in [5.41, 5.74) is 1.87. The highest BCUT2D eigenvalue weighted by molar-refractivity contribution is 7.92. The van der Waals surface area contributed by atoms with Crippen molar-refractivity contribution in [1.82, 2.24) is 4.98 Å². The van der Waals surface area contributed by atoms with Crippen molar-refractivity contribution in [2.45, 2.75) is 68.9 Å². The molecule has 0 radical (unpaired) electrons. The molecule has 41 heavy (non-hydrogen) atoms. The topological polar surface area (TPSA) is 129 Å². The molecule has 4 rings (SSSR count). The van der Waals surface area contributed by atoms with Crippen molar-refractivity contribution in [1.29, 1.82) is 5.26 Å². The van der Waals surface area contributed by atoms with E-state index in [0.717, 1.165) is 17.5 Å². The number of aliphatic hydroxyl groups is 1. The van der Waals surface area contributed by atoms with Crippen LogP contribution in [-0.4, -0.2) is 30.1 Å². The smallest absolute Gasteiger partial charge is 0.337 e. The van der Waals surface area contributed by atoms with Crippen LogP contribution in [-0.2, 0) is 32.4 Å². The van der Waals surface area contributed by atoms with Crippen LogP contribution >= 0.6 is 0 Å². The molecule has 2 aromatic carbocycles. The molecule has 1 unspecified atom stereocenters. The molecule has 0 bridgehead atoms. The van der Waals surface area contributed by atoms with E-state index < -0.39 is 21.6 Å². The van der Waals surface area contributed by atoms with E-state index >= 15 is 0 Å². The molecule has 1 aromatic heterocycles. The molecule has 2 heterocycles. The van der Waals surface area contributed by atoms with Gasteiger partial charge in [-0.15, -0.1) is 0 Å². The number of anilines is 1. The highest BCUT2D eigenvalue weighted by atomic mass is 32.2. The summed E-state index contributed by atoms with van der Waals surface area (Å²) < 4.78 is 47.1. The fourth-order valence-electron chi connectivity index (χ4n) is 5.03. The summed E-state index contributed by atoms with van der Waals surface area (Å²) in [6, 6.07) is 17.7. The highest BCUT2D eigenvalue weighted by Gasteiger charge is 2.40. The standard InChI is InChI=1S/C31H32FN3O5S/c1-2-16-31(17-15-22-9-12-25(32)13-10-22)19-28(36)27(30(37)40-31)8-4-6-23-5-3-7-26(18-23)35-41(38,39)29-14-11-24(20-33)21-34-29/h3,5,7,9-14,18,21,35-36H,2,4,6,8,15-17,19H2,1H3. The van der Waals surface area contributed by atoms with Gasteiger partial charge < -0.3 is 9.84 Å². The molecule has 2 N–H and O–H groups in total. The van der Waals surface area contributed by atoms with Crippen molar-refractivity contribution in [3.63, 3.8) is 0 Å². The molecule has 0 amide bonds. The van der Waals surface area contributed by atoms with Crippen LogP contribution in [0.15, 0.2) is 83.2 Å². The highest BCUT2D eigenvalue weighted by Crippen LogP contribution is 2.38. The Morgan fingerprint density at radius 2 is 1.85 bits per heavy atom. The number of nitrogens with one attached hydrogen (secondary N) is 1. The van der Waals surface area contributed by atoms with Crippen molar-refractivity contribution in [2.75, 3.05) is 4.72 Å². The first-order valence-electron chi connectivity index (χ1n) is 13.5. The summed E-state index contributed by atoms with van der Waals surface area (Å²) in [5.74, 6) is -0.775. The number of nitriles is 1. The Balaban J connectivity index is 1.37. The van der Waals surface area contributed by atoms with Gasteiger partial charge in [-0.2, -0.15) is 13.7 Å². The first-order valence-corrected chi connectivity index (χ1v) is 15.0. The minimum atomic E-state index is -3.94. The number of halogens is 1. The molecule has 0 saturated carbocycles. The number of esters is 1. The Morgan fingerprint density at radius 1 is 1.07 bits per heavy atom. The van der Waals surface area contributed by atoms with Crippen molar-refractivity contribution < 1.29 is 27.4 Å². The lowest BCUT2D eigenvalue weighted by Gasteiger charge is -2.37. The summed E-state index contributed by atoms with van der Waals surface area (Å²) >= 11 is 0. The van der Waals surface area contributed by atoms with E-state index in [0.29, 0.717) is 44.2 Å². The average molecular weight is 578 g/mol. The fraction of sp³-hybridized carbons (Fsp3) is 0.323. The number of rotatable bonds is 12. The van der Waals surface area contributed by atoms with E-state index in [2.05, 4.69) is 9.71 Å². The lowest BCUT2D eigenvalue weighted by Crippen LogP contribution is -2.40. The third-order valence-electron chi connectivity index (χ3n) is 7.09. The zero-order chi connectivity index (χ0) is 29.5. The fourth-order valence-corrected chi connectivity index (χ4v) is 6.01. The number of hydrogen-bond acceptors (Lipinski definition) is 7. The maximum absolute atomic E-state index is 13.3. The molecule has 10 heteroatoms. The van der Waals surface area contributed by atoms with Crippen molar-refractivity contribution >= 4 is 21.7 Å². The predicted octanol–water partition coefficient (Wildman–Crippen LogP) is 6.15. The number of carbonyl (C=O) groups is 1. The van der Waals surface area contributed by atoms with E-state index in [9.17, 15) is 22.7 Å². The maximum Gasteiger partial charge on any atom is 0.337 e. The molecular weight excluding hydrogens is 545 g/mol. The lowest BCUT2D eigenvalue weighted by atomic mass is 9.83. The third-order valence-corrected chi connectivity index (χ3v) is 8.39. The zero-order valence-electron chi connectivity index (χ0n) is 22.8. The molecule has 214 valence electrons. The first kappa shape index (κ1) is 29.7. The van der Waals surface area contributed by atoms with Crippen molar-refractivity contribution in [3.05, 3.63) is 101 Å². The van der Waals surface area contributed by atoms with Crippen molar-refractivity contribution in [3.8, 4) is 6.07 Å². The molecule has 1 aliphatic rings. The van der Waals surface area contributed by atoms with Gasteiger partial charge in [-0.25, -0.2) is 14.2 Å². The first-order chi connectivity index (χ1) is 19.6. The van der Waals surface area contributed by atoms with Gasteiger partial charge in [0.05, 0.1) is 11.1 Å². The summed E-state index contributed by atoms with van der Waals surface area (Å²) in [6.07, 6.45) is 5.34. The van der Waals surface area contributed by atoms with Crippen LogP contribution in [0.5, 0.6) is 0 Å². The predicted molar refractivity (Wildman–Crippen MR) is 152 cm³/mol. The number of aliphatic hydroxyl groups excluding tert-OH is 1. The third kappa shape index (κ3) is 7.70. The van der Waals surface area contributed by atoms with Crippen LogP contribution in [0, 0.1) is 17.1 Å². The second-order valence-corrected chi connectivity index (χ2v) is 11.8. The number of nitrogens with zero attached hydrogens (tertiary/aromatic N) is 2. The lowest BCUT2D eigenvalue weighted by molar-refractivity contribution is -0.161. The molecular formula is C31H32FN3O5S. The SMILES string of the molecule is CCCC1(CCc2ccc(F)cc2)CC(O)=C(CCCc2cccc(NS(=O)(=O)c3ccc(C#N)cn3)c2)C(=O)O1.